The highest BCUT2D eigenvalue weighted by Crippen LogP contribution is 2.34. The molecule has 1 saturated heterocycles. The lowest BCUT2D eigenvalue weighted by Crippen LogP contribution is -2.50. The summed E-state index contributed by atoms with van der Waals surface area (Å²) in [4.78, 5) is 30.1. The molecule has 0 aliphatic carbocycles. The normalized spacial score (nSPS) is 15.2. The summed E-state index contributed by atoms with van der Waals surface area (Å²) in [5.74, 6) is -0.641. The molecule has 1 aromatic carbocycles. The van der Waals surface area contributed by atoms with E-state index in [-0.39, 0.29) is 16.2 Å². The summed E-state index contributed by atoms with van der Waals surface area (Å²) in [5, 5.41) is 13.0. The van der Waals surface area contributed by atoms with Crippen LogP contribution in [0.15, 0.2) is 17.0 Å². The van der Waals surface area contributed by atoms with Gasteiger partial charge in [-0.15, -0.1) is 0 Å². The zero-order valence-corrected chi connectivity index (χ0v) is 22.6. The summed E-state index contributed by atoms with van der Waals surface area (Å²) in [6, 6.07) is 2.80. The van der Waals surface area contributed by atoms with E-state index in [1.807, 2.05) is 4.90 Å². The van der Waals surface area contributed by atoms with E-state index >= 15 is 0 Å². The molecule has 0 N–H and O–H groups in total. The number of piperazine rings is 1. The molecule has 0 unspecified atom stereocenters. The molecule has 1 heterocycles. The SMILES string of the molecule is CCS(=O)(=O)c1cc([N+](=O)[O-])c(C(=O)N2CCN(C(C)C)CC2)cc1N(CCBr)CCBr. The van der Waals surface area contributed by atoms with Crippen LogP contribution >= 0.6 is 31.9 Å². The number of alkyl halides is 2. The van der Waals surface area contributed by atoms with E-state index in [1.165, 1.54) is 13.0 Å². The highest BCUT2D eigenvalue weighted by molar-refractivity contribution is 9.09. The molecule has 0 saturated carbocycles. The highest BCUT2D eigenvalue weighted by atomic mass is 79.9. The topological polar surface area (TPSA) is 104 Å². The van der Waals surface area contributed by atoms with Crippen LogP contribution in [-0.2, 0) is 9.84 Å². The summed E-state index contributed by atoms with van der Waals surface area (Å²) in [5.41, 5.74) is -0.234. The Bertz CT molecular complexity index is 928. The second-order valence-corrected chi connectivity index (χ2v) is 11.6. The van der Waals surface area contributed by atoms with E-state index in [2.05, 4.69) is 50.6 Å². The summed E-state index contributed by atoms with van der Waals surface area (Å²) < 4.78 is 25.6. The van der Waals surface area contributed by atoms with Crippen molar-refractivity contribution in [2.24, 2.45) is 0 Å². The fourth-order valence-electron chi connectivity index (χ4n) is 3.70. The third-order valence-electron chi connectivity index (χ3n) is 5.60. The summed E-state index contributed by atoms with van der Waals surface area (Å²) in [6.07, 6.45) is 0. The first kappa shape index (κ1) is 27.0. The zero-order chi connectivity index (χ0) is 24.1. The van der Waals surface area contributed by atoms with E-state index in [0.29, 0.717) is 61.7 Å². The van der Waals surface area contributed by atoms with Crippen molar-refractivity contribution in [1.29, 1.82) is 0 Å². The van der Waals surface area contributed by atoms with E-state index in [4.69, 9.17) is 0 Å². The van der Waals surface area contributed by atoms with Crippen LogP contribution in [0, 0.1) is 10.1 Å². The van der Waals surface area contributed by atoms with Gasteiger partial charge in [0.25, 0.3) is 11.6 Å². The quantitative estimate of drug-likeness (QED) is 0.232. The molecule has 1 aliphatic heterocycles. The molecule has 9 nitrogen and oxygen atoms in total. The van der Waals surface area contributed by atoms with Crippen LogP contribution in [0.2, 0.25) is 0 Å². The van der Waals surface area contributed by atoms with Gasteiger partial charge in [0.2, 0.25) is 0 Å². The minimum absolute atomic E-state index is 0.0767. The van der Waals surface area contributed by atoms with E-state index in [1.54, 1.807) is 4.90 Å². The Morgan fingerprint density at radius 1 is 1.16 bits per heavy atom. The van der Waals surface area contributed by atoms with E-state index in [0.717, 1.165) is 6.07 Å². The molecular weight excluding hydrogens is 568 g/mol. The molecular formula is C20H30Br2N4O5S. The third kappa shape index (κ3) is 6.21. The van der Waals surface area contributed by atoms with Gasteiger partial charge in [-0.3, -0.25) is 19.8 Å². The number of hydrogen-bond acceptors (Lipinski definition) is 7. The van der Waals surface area contributed by atoms with Gasteiger partial charge in [-0.05, 0) is 19.9 Å². The van der Waals surface area contributed by atoms with E-state index < -0.39 is 26.4 Å². The van der Waals surface area contributed by atoms with Crippen LogP contribution in [0.25, 0.3) is 0 Å². The first-order valence-corrected chi connectivity index (χ1v) is 14.4. The van der Waals surface area contributed by atoms with Crippen molar-refractivity contribution in [3.63, 3.8) is 0 Å². The maximum absolute atomic E-state index is 13.3. The number of nitrogens with zero attached hydrogens (tertiary/aromatic N) is 4. The Labute approximate surface area is 206 Å². The molecule has 180 valence electrons. The standard InChI is InChI=1S/C20H30Br2N4O5S/c1-4-32(30,31)19-14-17(26(28)29)16(13-18(19)24(7-5-21)8-6-22)20(27)25-11-9-23(10-12-25)15(2)3/h13-15H,4-12H2,1-3H3. The number of hydrogen-bond donors (Lipinski definition) is 0. The largest absolute Gasteiger partial charge is 0.369 e. The number of benzene rings is 1. The number of carbonyl (C=O) groups excluding carboxylic acids is 1. The molecule has 0 atom stereocenters. The first-order chi connectivity index (χ1) is 15.1. The summed E-state index contributed by atoms with van der Waals surface area (Å²) in [7, 11) is -3.76. The average Bonchev–Trinajstić information content (AvgIpc) is 2.77. The van der Waals surface area contributed by atoms with Gasteiger partial charge < -0.3 is 9.80 Å². The Kier molecular flexibility index (Phi) is 9.92. The number of anilines is 1. The van der Waals surface area contributed by atoms with Crippen molar-refractivity contribution < 1.29 is 18.1 Å². The molecule has 1 aromatic rings. The number of rotatable bonds is 10. The molecule has 12 heteroatoms. The van der Waals surface area contributed by atoms with Crippen LogP contribution in [0.4, 0.5) is 11.4 Å². The Hall–Kier alpha value is -1.24. The molecule has 0 aromatic heterocycles. The molecule has 0 bridgehead atoms. The molecule has 32 heavy (non-hydrogen) atoms. The smallest absolute Gasteiger partial charge is 0.283 e. The predicted octanol–water partition coefficient (Wildman–Crippen LogP) is 3.15. The van der Waals surface area contributed by atoms with Crippen LogP contribution in [0.5, 0.6) is 0 Å². The van der Waals surface area contributed by atoms with Gasteiger partial charge in [0.05, 0.1) is 21.3 Å². The molecule has 1 aliphatic rings. The lowest BCUT2D eigenvalue weighted by atomic mass is 10.1. The first-order valence-electron chi connectivity index (χ1n) is 10.5. The molecule has 0 radical (unpaired) electrons. The summed E-state index contributed by atoms with van der Waals surface area (Å²) in [6.45, 7) is 8.94. The van der Waals surface area contributed by atoms with Gasteiger partial charge >= 0.3 is 0 Å². The highest BCUT2D eigenvalue weighted by Gasteiger charge is 2.33. The number of carbonyl (C=O) groups is 1. The van der Waals surface area contributed by atoms with Crippen molar-refractivity contribution in [3.8, 4) is 0 Å². The van der Waals surface area contributed by atoms with Gasteiger partial charge in [-0.1, -0.05) is 38.8 Å². The number of amides is 1. The summed E-state index contributed by atoms with van der Waals surface area (Å²) >= 11 is 6.76. The minimum atomic E-state index is -3.76. The van der Waals surface area contributed by atoms with E-state index in [9.17, 15) is 23.3 Å². The Morgan fingerprint density at radius 3 is 2.16 bits per heavy atom. The minimum Gasteiger partial charge on any atom is -0.369 e. The number of halogens is 2. The maximum Gasteiger partial charge on any atom is 0.283 e. The second-order valence-electron chi connectivity index (χ2n) is 7.78. The van der Waals surface area contributed by atoms with Crippen LogP contribution in [-0.4, -0.2) is 90.8 Å². The fraction of sp³-hybridized carbons (Fsp3) is 0.650. The zero-order valence-electron chi connectivity index (χ0n) is 18.6. The van der Waals surface area contributed by atoms with Crippen molar-refractivity contribution in [2.45, 2.75) is 31.7 Å². The molecule has 2 rings (SSSR count). The number of nitro benzene ring substituents is 1. The van der Waals surface area contributed by atoms with Crippen LogP contribution < -0.4 is 4.90 Å². The van der Waals surface area contributed by atoms with Crippen LogP contribution in [0.3, 0.4) is 0 Å². The van der Waals surface area contributed by atoms with Crippen molar-refractivity contribution in [1.82, 2.24) is 9.80 Å². The lowest BCUT2D eigenvalue weighted by molar-refractivity contribution is -0.385. The van der Waals surface area contributed by atoms with Gasteiger partial charge in [-0.25, -0.2) is 8.42 Å². The van der Waals surface area contributed by atoms with Crippen molar-refractivity contribution >= 4 is 59.0 Å². The lowest BCUT2D eigenvalue weighted by Gasteiger charge is -2.37. The molecule has 1 amide bonds. The molecule has 0 spiro atoms. The fourth-order valence-corrected chi connectivity index (χ4v) is 5.67. The predicted molar refractivity (Wildman–Crippen MR) is 133 cm³/mol. The van der Waals surface area contributed by atoms with Gasteiger partial charge in [0.1, 0.15) is 5.56 Å². The maximum atomic E-state index is 13.3. The number of nitro groups is 1. The Morgan fingerprint density at radius 2 is 1.72 bits per heavy atom. The third-order valence-corrected chi connectivity index (χ3v) is 8.07. The van der Waals surface area contributed by atoms with Crippen molar-refractivity contribution in [3.05, 3.63) is 27.8 Å². The van der Waals surface area contributed by atoms with Gasteiger partial charge in [0, 0.05) is 62.0 Å². The van der Waals surface area contributed by atoms with Crippen molar-refractivity contribution in [2.75, 3.05) is 60.6 Å². The molecule has 1 fully saturated rings. The van der Waals surface area contributed by atoms with Crippen LogP contribution in [0.1, 0.15) is 31.1 Å². The number of sulfone groups is 1. The average molecular weight is 598 g/mol. The van der Waals surface area contributed by atoms with Gasteiger partial charge in [0.15, 0.2) is 9.84 Å². The Balaban J connectivity index is 2.60. The second kappa shape index (κ2) is 11.8. The van der Waals surface area contributed by atoms with Gasteiger partial charge in [-0.2, -0.15) is 0 Å². The monoisotopic (exact) mass is 596 g/mol.